The summed E-state index contributed by atoms with van der Waals surface area (Å²) in [5.41, 5.74) is 1.68. The number of anilines is 1. The molecule has 34 heavy (non-hydrogen) atoms. The number of aliphatic hydroxyl groups excluding tert-OH is 1. The molecule has 1 amide bonds. The van der Waals surface area contributed by atoms with Crippen molar-refractivity contribution in [3.8, 4) is 11.5 Å². The average Bonchev–Trinajstić information content (AvgIpc) is 3.10. The minimum Gasteiger partial charge on any atom is -0.507 e. The van der Waals surface area contributed by atoms with Crippen LogP contribution in [0.15, 0.2) is 84.4 Å². The highest BCUT2D eigenvalue weighted by atomic mass is 16.5. The van der Waals surface area contributed by atoms with Crippen LogP contribution < -0.4 is 14.4 Å². The van der Waals surface area contributed by atoms with Crippen LogP contribution in [-0.2, 0) is 9.59 Å². The molecule has 0 aliphatic carbocycles. The molecule has 3 aromatic rings. The summed E-state index contributed by atoms with van der Waals surface area (Å²) in [6.45, 7) is 6.25. The third-order valence-corrected chi connectivity index (χ3v) is 5.46. The Morgan fingerprint density at radius 3 is 2.29 bits per heavy atom. The Bertz CT molecular complexity index is 1220. The van der Waals surface area contributed by atoms with Crippen molar-refractivity contribution >= 4 is 23.1 Å². The molecule has 0 saturated carbocycles. The zero-order valence-corrected chi connectivity index (χ0v) is 19.4. The maximum Gasteiger partial charge on any atom is 0.300 e. The Hall–Kier alpha value is -4.06. The lowest BCUT2D eigenvalue weighted by atomic mass is 9.95. The van der Waals surface area contributed by atoms with Crippen molar-refractivity contribution in [3.63, 3.8) is 0 Å². The zero-order valence-electron chi connectivity index (χ0n) is 19.4. The number of ether oxygens (including phenoxy) is 2. The average molecular weight is 458 g/mol. The molecule has 6 heteroatoms. The molecule has 1 aliphatic rings. The number of carbonyl (C=O) groups excluding carboxylic acids is 2. The number of ketones is 1. The minimum atomic E-state index is -0.815. The number of hydrogen-bond donors (Lipinski definition) is 1. The first-order valence-electron chi connectivity index (χ1n) is 11.3. The number of benzene rings is 3. The highest BCUT2D eigenvalue weighted by molar-refractivity contribution is 6.51. The van der Waals surface area contributed by atoms with Crippen LogP contribution in [0.5, 0.6) is 11.5 Å². The van der Waals surface area contributed by atoms with Crippen molar-refractivity contribution in [2.45, 2.75) is 32.9 Å². The second-order valence-corrected chi connectivity index (χ2v) is 8.20. The summed E-state index contributed by atoms with van der Waals surface area (Å²) in [4.78, 5) is 27.9. The topological polar surface area (TPSA) is 76.1 Å². The minimum absolute atomic E-state index is 0.0275. The second kappa shape index (κ2) is 9.83. The molecule has 0 aromatic heterocycles. The van der Waals surface area contributed by atoms with Gasteiger partial charge in [-0.1, -0.05) is 30.3 Å². The number of rotatable bonds is 7. The van der Waals surface area contributed by atoms with Gasteiger partial charge < -0.3 is 14.6 Å². The van der Waals surface area contributed by atoms with Gasteiger partial charge in [0.15, 0.2) is 0 Å². The van der Waals surface area contributed by atoms with E-state index in [9.17, 15) is 14.7 Å². The summed E-state index contributed by atoms with van der Waals surface area (Å²) in [5, 5.41) is 11.2. The number of aliphatic hydroxyl groups is 1. The Balaban J connectivity index is 1.88. The van der Waals surface area contributed by atoms with E-state index in [1.165, 1.54) is 4.90 Å². The maximum atomic E-state index is 13.3. The van der Waals surface area contributed by atoms with Crippen LogP contribution in [0.2, 0.25) is 0 Å². The summed E-state index contributed by atoms with van der Waals surface area (Å²) in [7, 11) is 0. The van der Waals surface area contributed by atoms with Crippen LogP contribution in [0, 0.1) is 0 Å². The SMILES string of the molecule is CCOc1ccc(/C(O)=C2/C(=O)C(=O)N(c3ccccc3)C2c2cccc(OC(C)C)c2)cc1. The van der Waals surface area contributed by atoms with Gasteiger partial charge >= 0.3 is 0 Å². The number of hydrogen-bond acceptors (Lipinski definition) is 5. The van der Waals surface area contributed by atoms with Gasteiger partial charge in [0.1, 0.15) is 17.3 Å². The summed E-state index contributed by atoms with van der Waals surface area (Å²) in [6.07, 6.45) is -0.0420. The predicted molar refractivity (Wildman–Crippen MR) is 131 cm³/mol. The molecule has 1 fully saturated rings. The van der Waals surface area contributed by atoms with Crippen molar-refractivity contribution in [1.82, 2.24) is 0 Å². The summed E-state index contributed by atoms with van der Waals surface area (Å²) >= 11 is 0. The van der Waals surface area contributed by atoms with Gasteiger partial charge in [0, 0.05) is 11.3 Å². The third kappa shape index (κ3) is 4.53. The molecule has 0 spiro atoms. The lowest BCUT2D eigenvalue weighted by Gasteiger charge is -2.26. The van der Waals surface area contributed by atoms with E-state index in [-0.39, 0.29) is 17.4 Å². The van der Waals surface area contributed by atoms with E-state index < -0.39 is 17.7 Å². The van der Waals surface area contributed by atoms with Gasteiger partial charge in [-0.2, -0.15) is 0 Å². The van der Waals surface area contributed by atoms with Gasteiger partial charge in [0.05, 0.1) is 24.3 Å². The van der Waals surface area contributed by atoms with Gasteiger partial charge in [-0.05, 0) is 74.9 Å². The van der Waals surface area contributed by atoms with Crippen molar-refractivity contribution < 1.29 is 24.2 Å². The number of Topliss-reactive ketones (excluding diaryl/α,β-unsaturated/α-hetero) is 1. The van der Waals surface area contributed by atoms with E-state index in [4.69, 9.17) is 9.47 Å². The van der Waals surface area contributed by atoms with E-state index in [2.05, 4.69) is 0 Å². The molecule has 1 heterocycles. The Morgan fingerprint density at radius 2 is 1.65 bits per heavy atom. The highest BCUT2D eigenvalue weighted by Crippen LogP contribution is 2.42. The Morgan fingerprint density at radius 1 is 0.941 bits per heavy atom. The second-order valence-electron chi connectivity index (χ2n) is 8.20. The molecular weight excluding hydrogens is 430 g/mol. The highest BCUT2D eigenvalue weighted by Gasteiger charge is 2.47. The lowest BCUT2D eigenvalue weighted by molar-refractivity contribution is -0.132. The van der Waals surface area contributed by atoms with Crippen LogP contribution in [0.3, 0.4) is 0 Å². The smallest absolute Gasteiger partial charge is 0.300 e. The molecule has 1 N–H and O–H groups in total. The van der Waals surface area contributed by atoms with E-state index in [0.717, 1.165) is 0 Å². The largest absolute Gasteiger partial charge is 0.507 e. The van der Waals surface area contributed by atoms with E-state index in [0.29, 0.717) is 34.9 Å². The van der Waals surface area contributed by atoms with Gasteiger partial charge in [0.25, 0.3) is 11.7 Å². The zero-order chi connectivity index (χ0) is 24.2. The number of carbonyl (C=O) groups is 2. The summed E-state index contributed by atoms with van der Waals surface area (Å²) in [6, 6.07) is 22.2. The van der Waals surface area contributed by atoms with Gasteiger partial charge in [-0.3, -0.25) is 14.5 Å². The molecule has 3 aromatic carbocycles. The van der Waals surface area contributed by atoms with Gasteiger partial charge in [0.2, 0.25) is 0 Å². The Labute approximate surface area is 199 Å². The predicted octanol–water partition coefficient (Wildman–Crippen LogP) is 5.50. The van der Waals surface area contributed by atoms with Crippen molar-refractivity contribution in [2.24, 2.45) is 0 Å². The first-order chi connectivity index (χ1) is 16.4. The molecule has 0 radical (unpaired) electrons. The van der Waals surface area contributed by atoms with Crippen molar-refractivity contribution in [1.29, 1.82) is 0 Å². The van der Waals surface area contributed by atoms with Gasteiger partial charge in [-0.25, -0.2) is 0 Å². The van der Waals surface area contributed by atoms with Crippen molar-refractivity contribution in [3.05, 3.63) is 95.6 Å². The fraction of sp³-hybridized carbons (Fsp3) is 0.214. The number of nitrogens with zero attached hydrogens (tertiary/aromatic N) is 1. The molecule has 0 bridgehead atoms. The third-order valence-electron chi connectivity index (χ3n) is 5.46. The van der Waals surface area contributed by atoms with Crippen molar-refractivity contribution in [2.75, 3.05) is 11.5 Å². The standard InChI is InChI=1S/C28H27NO5/c1-4-33-22-15-13-19(14-16-22)26(30)24-25(20-9-8-12-23(17-20)34-18(2)3)29(28(32)27(24)31)21-10-6-5-7-11-21/h5-18,25,30H,4H2,1-3H3/b26-24-. The molecule has 1 unspecified atom stereocenters. The molecule has 1 atom stereocenters. The first kappa shape index (κ1) is 23.1. The Kier molecular flexibility index (Phi) is 6.68. The number of para-hydroxylation sites is 1. The van der Waals surface area contributed by atoms with Crippen LogP contribution >= 0.6 is 0 Å². The van der Waals surface area contributed by atoms with Crippen LogP contribution in [0.25, 0.3) is 5.76 Å². The molecule has 1 aliphatic heterocycles. The molecule has 4 rings (SSSR count). The van der Waals surface area contributed by atoms with Crippen LogP contribution in [0.1, 0.15) is 37.9 Å². The number of amides is 1. The van der Waals surface area contributed by atoms with Crippen LogP contribution in [0.4, 0.5) is 5.69 Å². The van der Waals surface area contributed by atoms with E-state index in [1.54, 1.807) is 54.6 Å². The normalized spacial score (nSPS) is 17.3. The van der Waals surface area contributed by atoms with Gasteiger partial charge in [-0.15, -0.1) is 0 Å². The quantitative estimate of drug-likeness (QED) is 0.288. The van der Waals surface area contributed by atoms with Crippen LogP contribution in [-0.4, -0.2) is 29.5 Å². The fourth-order valence-corrected chi connectivity index (χ4v) is 4.06. The monoisotopic (exact) mass is 457 g/mol. The fourth-order valence-electron chi connectivity index (χ4n) is 4.06. The van der Waals surface area contributed by atoms with E-state index in [1.807, 2.05) is 45.0 Å². The molecule has 1 saturated heterocycles. The summed E-state index contributed by atoms with van der Waals surface area (Å²) < 4.78 is 11.3. The first-order valence-corrected chi connectivity index (χ1v) is 11.3. The molecule has 174 valence electrons. The van der Waals surface area contributed by atoms with E-state index >= 15 is 0 Å². The molecule has 6 nitrogen and oxygen atoms in total. The lowest BCUT2D eigenvalue weighted by Crippen LogP contribution is -2.29. The molecular formula is C28H27NO5. The maximum absolute atomic E-state index is 13.3. The summed E-state index contributed by atoms with van der Waals surface area (Å²) in [5.74, 6) is -0.402.